The predicted molar refractivity (Wildman–Crippen MR) is 62.1 cm³/mol. The molecule has 1 heterocycles. The van der Waals surface area contributed by atoms with Crippen LogP contribution < -0.4 is 4.74 Å². The minimum atomic E-state index is -1.56. The summed E-state index contributed by atoms with van der Waals surface area (Å²) in [7, 11) is 0. The van der Waals surface area contributed by atoms with Crippen LogP contribution in [0.3, 0.4) is 0 Å². The highest BCUT2D eigenvalue weighted by atomic mass is 35.5. The number of fused-ring (bicyclic) bond motifs is 1. The van der Waals surface area contributed by atoms with Crippen molar-refractivity contribution in [2.24, 2.45) is 0 Å². The summed E-state index contributed by atoms with van der Waals surface area (Å²) in [6.45, 7) is 0. The molecule has 0 aliphatic heterocycles. The monoisotopic (exact) mass is 273 g/mol. The van der Waals surface area contributed by atoms with Crippen molar-refractivity contribution < 1.29 is 19.7 Å². The van der Waals surface area contributed by atoms with Crippen LogP contribution in [0.15, 0.2) is 18.3 Å². The van der Waals surface area contributed by atoms with E-state index < -0.39 is 11.9 Å². The lowest BCUT2D eigenvalue weighted by molar-refractivity contribution is 0.143. The number of aromatic hydroxyl groups is 1. The van der Waals surface area contributed by atoms with Crippen LogP contribution in [0.1, 0.15) is 0 Å². The van der Waals surface area contributed by atoms with E-state index in [0.29, 0.717) is 5.52 Å². The molecule has 7 heteroatoms. The molecular formula is C10H5Cl2NO4. The minimum absolute atomic E-state index is 0.0880. The molecule has 0 saturated carbocycles. The number of nitrogens with zero attached hydrogens (tertiary/aromatic N) is 1. The SMILES string of the molecule is O=C(O)Oc1cnc2ccc(Cl)c(Cl)c2c1O. The first-order valence-corrected chi connectivity index (χ1v) is 5.12. The van der Waals surface area contributed by atoms with E-state index in [0.717, 1.165) is 6.20 Å². The third-order valence-electron chi connectivity index (χ3n) is 2.06. The smallest absolute Gasteiger partial charge is 0.504 e. The lowest BCUT2D eigenvalue weighted by Crippen LogP contribution is -2.03. The number of ether oxygens (including phenoxy) is 1. The van der Waals surface area contributed by atoms with Gasteiger partial charge in [0.1, 0.15) is 0 Å². The Bertz CT molecular complexity index is 615. The maximum Gasteiger partial charge on any atom is 0.511 e. The summed E-state index contributed by atoms with van der Waals surface area (Å²) in [6.07, 6.45) is -0.463. The molecule has 0 aliphatic rings. The second kappa shape index (κ2) is 4.27. The molecule has 1 aromatic carbocycles. The molecule has 0 aliphatic carbocycles. The molecule has 2 rings (SSSR count). The summed E-state index contributed by atoms with van der Waals surface area (Å²) >= 11 is 11.7. The highest BCUT2D eigenvalue weighted by Crippen LogP contribution is 2.40. The van der Waals surface area contributed by atoms with Crippen LogP contribution in [0.2, 0.25) is 10.0 Å². The highest BCUT2D eigenvalue weighted by molar-refractivity contribution is 6.45. The van der Waals surface area contributed by atoms with Gasteiger partial charge in [-0.15, -0.1) is 0 Å². The normalized spacial score (nSPS) is 10.5. The van der Waals surface area contributed by atoms with Crippen LogP contribution in [0, 0.1) is 0 Å². The van der Waals surface area contributed by atoms with Gasteiger partial charge in [0.15, 0.2) is 11.5 Å². The van der Waals surface area contributed by atoms with Crippen molar-refractivity contribution in [3.8, 4) is 11.5 Å². The van der Waals surface area contributed by atoms with Crippen LogP contribution in [-0.2, 0) is 0 Å². The Kier molecular flexibility index (Phi) is 2.95. The third kappa shape index (κ3) is 2.07. The van der Waals surface area contributed by atoms with Crippen molar-refractivity contribution in [1.82, 2.24) is 4.98 Å². The zero-order chi connectivity index (χ0) is 12.6. The first-order chi connectivity index (χ1) is 8.00. The van der Waals surface area contributed by atoms with E-state index in [9.17, 15) is 9.90 Å². The first-order valence-electron chi connectivity index (χ1n) is 4.37. The average Bonchev–Trinajstić information content (AvgIpc) is 2.26. The van der Waals surface area contributed by atoms with Crippen molar-refractivity contribution in [2.45, 2.75) is 0 Å². The standard InChI is InChI=1S/C10H5Cl2NO4/c11-4-1-2-5-7(8(4)12)9(14)6(3-13-5)17-10(15)16/h1-3H,(H,13,14)(H,15,16). The Balaban J connectivity index is 2.73. The number of hydrogen-bond donors (Lipinski definition) is 2. The molecule has 0 radical (unpaired) electrons. The number of carbonyl (C=O) groups is 1. The first kappa shape index (κ1) is 11.8. The summed E-state index contributed by atoms with van der Waals surface area (Å²) in [4.78, 5) is 14.3. The Hall–Kier alpha value is -1.72. The zero-order valence-corrected chi connectivity index (χ0v) is 9.66. The lowest BCUT2D eigenvalue weighted by atomic mass is 10.2. The van der Waals surface area contributed by atoms with E-state index in [4.69, 9.17) is 28.3 Å². The van der Waals surface area contributed by atoms with Gasteiger partial charge in [0.05, 0.1) is 27.1 Å². The van der Waals surface area contributed by atoms with E-state index in [1.165, 1.54) is 6.07 Å². The Morgan fingerprint density at radius 1 is 1.35 bits per heavy atom. The van der Waals surface area contributed by atoms with Crippen molar-refractivity contribution >= 4 is 40.3 Å². The van der Waals surface area contributed by atoms with Gasteiger partial charge in [-0.05, 0) is 12.1 Å². The summed E-state index contributed by atoms with van der Waals surface area (Å²) in [6, 6.07) is 3.07. The van der Waals surface area contributed by atoms with Gasteiger partial charge in [0.25, 0.3) is 0 Å². The fourth-order valence-electron chi connectivity index (χ4n) is 1.35. The van der Waals surface area contributed by atoms with Gasteiger partial charge in [-0.2, -0.15) is 0 Å². The van der Waals surface area contributed by atoms with Gasteiger partial charge in [-0.3, -0.25) is 4.98 Å². The topological polar surface area (TPSA) is 79.7 Å². The maximum absolute atomic E-state index is 10.4. The Morgan fingerprint density at radius 3 is 2.71 bits per heavy atom. The largest absolute Gasteiger partial charge is 0.511 e. The second-order valence-electron chi connectivity index (χ2n) is 3.09. The molecule has 0 unspecified atom stereocenters. The lowest BCUT2D eigenvalue weighted by Gasteiger charge is -2.07. The van der Waals surface area contributed by atoms with Crippen LogP contribution in [0.5, 0.6) is 11.5 Å². The van der Waals surface area contributed by atoms with Crippen molar-refractivity contribution in [2.75, 3.05) is 0 Å². The molecule has 2 N–H and O–H groups in total. The van der Waals surface area contributed by atoms with Crippen molar-refractivity contribution in [1.29, 1.82) is 0 Å². The molecular weight excluding hydrogens is 269 g/mol. The van der Waals surface area contributed by atoms with E-state index >= 15 is 0 Å². The number of aromatic nitrogens is 1. The molecule has 0 bridgehead atoms. The van der Waals surface area contributed by atoms with Crippen molar-refractivity contribution in [3.63, 3.8) is 0 Å². The van der Waals surface area contributed by atoms with Gasteiger partial charge in [0, 0.05) is 0 Å². The van der Waals surface area contributed by atoms with Gasteiger partial charge in [-0.25, -0.2) is 4.79 Å². The highest BCUT2D eigenvalue weighted by Gasteiger charge is 2.15. The maximum atomic E-state index is 10.4. The second-order valence-corrected chi connectivity index (χ2v) is 3.88. The summed E-state index contributed by atoms with van der Waals surface area (Å²) < 4.78 is 4.35. The van der Waals surface area contributed by atoms with Crippen LogP contribution in [0.25, 0.3) is 10.9 Å². The summed E-state index contributed by atoms with van der Waals surface area (Å²) in [5, 5.41) is 18.8. The number of halogens is 2. The van der Waals surface area contributed by atoms with Crippen LogP contribution in [0.4, 0.5) is 4.79 Å². The van der Waals surface area contributed by atoms with Crippen LogP contribution >= 0.6 is 23.2 Å². The molecule has 2 aromatic rings. The quantitative estimate of drug-likeness (QED) is 0.780. The minimum Gasteiger partial charge on any atom is -0.504 e. The molecule has 0 fully saturated rings. The average molecular weight is 274 g/mol. The summed E-state index contributed by atoms with van der Waals surface area (Å²) in [5.41, 5.74) is 0.384. The Morgan fingerprint density at radius 2 is 2.06 bits per heavy atom. The van der Waals surface area contributed by atoms with E-state index in [2.05, 4.69) is 9.72 Å². The number of carboxylic acid groups (broad SMARTS) is 1. The van der Waals surface area contributed by atoms with E-state index in [1.54, 1.807) is 6.07 Å². The molecule has 5 nitrogen and oxygen atoms in total. The summed E-state index contributed by atoms with van der Waals surface area (Å²) in [5.74, 6) is -0.709. The number of pyridine rings is 1. The van der Waals surface area contributed by atoms with Gasteiger partial charge >= 0.3 is 6.16 Å². The fourth-order valence-corrected chi connectivity index (χ4v) is 1.76. The third-order valence-corrected chi connectivity index (χ3v) is 2.87. The van der Waals surface area contributed by atoms with Gasteiger partial charge in [0.2, 0.25) is 0 Å². The molecule has 0 spiro atoms. The van der Waals surface area contributed by atoms with E-state index in [-0.39, 0.29) is 21.2 Å². The number of hydrogen-bond acceptors (Lipinski definition) is 4. The molecule has 0 atom stereocenters. The fraction of sp³-hybridized carbons (Fsp3) is 0. The molecule has 0 amide bonds. The Labute approximate surface area is 105 Å². The molecule has 0 saturated heterocycles. The molecule has 1 aromatic heterocycles. The number of benzene rings is 1. The van der Waals surface area contributed by atoms with Crippen molar-refractivity contribution in [3.05, 3.63) is 28.4 Å². The van der Waals surface area contributed by atoms with E-state index in [1.807, 2.05) is 0 Å². The molecule has 17 heavy (non-hydrogen) atoms. The van der Waals surface area contributed by atoms with Crippen LogP contribution in [-0.4, -0.2) is 21.4 Å². The number of rotatable bonds is 1. The zero-order valence-electron chi connectivity index (χ0n) is 8.15. The molecule has 88 valence electrons. The predicted octanol–water partition coefficient (Wildman–Crippen LogP) is 3.30. The van der Waals surface area contributed by atoms with Gasteiger partial charge in [-0.1, -0.05) is 23.2 Å². The van der Waals surface area contributed by atoms with Gasteiger partial charge < -0.3 is 14.9 Å².